The van der Waals surface area contributed by atoms with Crippen LogP contribution in [0.3, 0.4) is 0 Å². The summed E-state index contributed by atoms with van der Waals surface area (Å²) in [5, 5.41) is 28.1. The Labute approximate surface area is 215 Å². The fourth-order valence-electron chi connectivity index (χ4n) is 3.58. The van der Waals surface area contributed by atoms with E-state index in [4.69, 9.17) is 32.8 Å². The Morgan fingerprint density at radius 3 is 2.59 bits per heavy atom. The van der Waals surface area contributed by atoms with Crippen molar-refractivity contribution in [3.05, 3.63) is 35.9 Å². The third-order valence-corrected chi connectivity index (χ3v) is 5.82. The Morgan fingerprint density at radius 2 is 1.95 bits per heavy atom. The molecule has 1 aromatic carbocycles. The van der Waals surface area contributed by atoms with Crippen molar-refractivity contribution in [2.45, 2.75) is 36.5 Å². The van der Waals surface area contributed by atoms with Crippen LogP contribution < -0.4 is 20.7 Å². The van der Waals surface area contributed by atoms with Gasteiger partial charge < -0.3 is 30.3 Å². The predicted octanol–water partition coefficient (Wildman–Crippen LogP) is 0.455. The van der Waals surface area contributed by atoms with E-state index in [1.54, 1.807) is 18.2 Å². The van der Waals surface area contributed by atoms with E-state index in [2.05, 4.69) is 36.3 Å². The quantitative estimate of drug-likeness (QED) is 0.307. The van der Waals surface area contributed by atoms with E-state index < -0.39 is 16.7 Å². The number of nitrogens with zero attached hydrogens (tertiary/aromatic N) is 4. The summed E-state index contributed by atoms with van der Waals surface area (Å²) in [5.41, 5.74) is -0.269. The Hall–Kier alpha value is -3.87. The van der Waals surface area contributed by atoms with Crippen LogP contribution in [0.25, 0.3) is 11.4 Å². The molecule has 2 amide bonds. The third-order valence-electron chi connectivity index (χ3n) is 5.82. The number of methoxy groups -OCH3 is 1. The summed E-state index contributed by atoms with van der Waals surface area (Å²) in [7, 11) is 18.0. The maximum absolute atomic E-state index is 12.8. The number of para-hydroxylation sites is 1. The lowest BCUT2D eigenvalue weighted by Crippen LogP contribution is -2.50. The summed E-state index contributed by atoms with van der Waals surface area (Å²) in [5.74, 6) is -0.284. The number of aromatic nitrogens is 4. The molecule has 0 spiro atoms. The number of ether oxygens (including phenoxy) is 1. The van der Waals surface area contributed by atoms with Crippen LogP contribution in [-0.4, -0.2) is 73.1 Å². The molecule has 0 unspecified atom stereocenters. The number of hydrogen-bond acceptors (Lipinski definition) is 10. The van der Waals surface area contributed by atoms with E-state index in [9.17, 15) is 14.7 Å². The maximum Gasteiger partial charge on any atom is 0.272 e. The van der Waals surface area contributed by atoms with E-state index >= 15 is 0 Å². The second-order valence-corrected chi connectivity index (χ2v) is 9.11. The minimum absolute atomic E-state index is 0.0705. The van der Waals surface area contributed by atoms with Crippen LogP contribution in [0.1, 0.15) is 42.1 Å². The average molecular weight is 495 g/mol. The number of anilines is 3. The number of aliphatic hydroxyl groups is 1. The maximum atomic E-state index is 12.8. The summed E-state index contributed by atoms with van der Waals surface area (Å²) in [6, 6.07) is 6.54. The summed E-state index contributed by atoms with van der Waals surface area (Å²) in [6.45, 7) is 0. The Balaban J connectivity index is 1.50. The molecule has 182 valence electrons. The summed E-state index contributed by atoms with van der Waals surface area (Å²) >= 11 is 0. The second-order valence-electron chi connectivity index (χ2n) is 9.11. The molecule has 0 aliphatic heterocycles. The zero-order valence-corrected chi connectivity index (χ0v) is 19.8. The molecule has 15 heteroatoms. The van der Waals surface area contributed by atoms with Crippen LogP contribution in [0.15, 0.2) is 28.8 Å². The molecule has 3 aromatic rings. The highest BCUT2D eigenvalue weighted by Crippen LogP contribution is 2.45. The van der Waals surface area contributed by atoms with E-state index in [0.717, 1.165) is 12.8 Å². The summed E-state index contributed by atoms with van der Waals surface area (Å²) in [6.07, 6.45) is 2.69. The summed E-state index contributed by atoms with van der Waals surface area (Å²) in [4.78, 5) is 29.4. The average Bonchev–Trinajstić information content (AvgIpc) is 3.76. The van der Waals surface area contributed by atoms with Crippen molar-refractivity contribution in [2.24, 2.45) is 5.92 Å². The molecule has 2 aliphatic rings. The van der Waals surface area contributed by atoms with Crippen molar-refractivity contribution in [3.8, 4) is 17.1 Å². The van der Waals surface area contributed by atoms with Crippen molar-refractivity contribution in [1.29, 1.82) is 0 Å². The van der Waals surface area contributed by atoms with E-state index in [1.165, 1.54) is 13.2 Å². The van der Waals surface area contributed by atoms with Crippen LogP contribution in [0.2, 0.25) is 0 Å². The largest absolute Gasteiger partial charge is 0.494 e. The van der Waals surface area contributed by atoms with E-state index in [-0.39, 0.29) is 40.7 Å². The lowest BCUT2D eigenvalue weighted by molar-refractivity contribution is -0.117. The molecule has 6 radical (unpaired) electrons. The SMILES string of the molecule is [B]C([B])([B])NC(=O)c1nnc(NC(=O)C2CC2)cc1Nc1cccc(-c2noc(C3(O)CC3)n2)c1OC. The minimum Gasteiger partial charge on any atom is -0.494 e. The standard InChI is InChI=1S/C22H20B3N7O5/c1-36-16-11(17-28-20(37-32-17)21(35)7-8-21)3-2-4-12(16)26-13-9-14(27-18(33)10-5-6-10)30-31-15(13)19(34)29-22(23,24)25/h2-4,9-10,35H,5-8H2,1H3,(H,29,34)(H2,26,27,30,33). The van der Waals surface area contributed by atoms with Gasteiger partial charge in [-0.25, -0.2) is 0 Å². The van der Waals surface area contributed by atoms with Crippen molar-refractivity contribution < 1.29 is 24.0 Å². The predicted molar refractivity (Wildman–Crippen MR) is 134 cm³/mol. The Bertz CT molecular complexity index is 1370. The van der Waals surface area contributed by atoms with E-state index in [0.29, 0.717) is 29.8 Å². The highest BCUT2D eigenvalue weighted by molar-refractivity contribution is 6.60. The normalized spacial score (nSPS) is 16.1. The molecule has 2 heterocycles. The Morgan fingerprint density at radius 1 is 1.19 bits per heavy atom. The molecule has 0 atom stereocenters. The summed E-state index contributed by atoms with van der Waals surface area (Å²) < 4.78 is 10.9. The van der Waals surface area contributed by atoms with Crippen LogP contribution in [0, 0.1) is 5.92 Å². The van der Waals surface area contributed by atoms with Crippen LogP contribution in [0.5, 0.6) is 5.75 Å². The van der Waals surface area contributed by atoms with Gasteiger partial charge >= 0.3 is 0 Å². The first-order chi connectivity index (χ1) is 17.6. The molecule has 5 rings (SSSR count). The highest BCUT2D eigenvalue weighted by atomic mass is 16.5. The minimum atomic E-state index is -2.01. The number of amides is 2. The number of rotatable bonds is 9. The van der Waals surface area contributed by atoms with Gasteiger partial charge in [-0.2, -0.15) is 4.98 Å². The highest BCUT2D eigenvalue weighted by Gasteiger charge is 2.48. The van der Waals surface area contributed by atoms with Crippen LogP contribution >= 0.6 is 0 Å². The van der Waals surface area contributed by atoms with Gasteiger partial charge in [0.05, 0.1) is 47.6 Å². The molecular weight excluding hydrogens is 475 g/mol. The monoisotopic (exact) mass is 495 g/mol. The molecule has 0 bridgehead atoms. The molecule has 37 heavy (non-hydrogen) atoms. The van der Waals surface area contributed by atoms with Crippen LogP contribution in [-0.2, 0) is 10.4 Å². The van der Waals surface area contributed by atoms with Crippen molar-refractivity contribution in [2.75, 3.05) is 17.7 Å². The topological polar surface area (TPSA) is 164 Å². The lowest BCUT2D eigenvalue weighted by Gasteiger charge is -2.23. The number of carbonyl (C=O) groups excluding carboxylic acids is 2. The fourth-order valence-corrected chi connectivity index (χ4v) is 3.58. The molecular formula is C22H20B3N7O5. The van der Waals surface area contributed by atoms with Gasteiger partial charge in [-0.3, -0.25) is 9.59 Å². The number of benzene rings is 1. The third kappa shape index (κ3) is 5.46. The molecule has 2 aromatic heterocycles. The number of carbonyl (C=O) groups is 2. The molecule has 12 nitrogen and oxygen atoms in total. The van der Waals surface area contributed by atoms with Gasteiger partial charge in [-0.1, -0.05) is 16.5 Å². The van der Waals surface area contributed by atoms with Crippen molar-refractivity contribution in [3.63, 3.8) is 0 Å². The second kappa shape index (κ2) is 9.22. The first-order valence-corrected chi connectivity index (χ1v) is 11.4. The van der Waals surface area contributed by atoms with Gasteiger partial charge in [0.25, 0.3) is 11.8 Å². The van der Waals surface area contributed by atoms with Gasteiger partial charge in [0.15, 0.2) is 17.3 Å². The first kappa shape index (κ1) is 24.8. The zero-order valence-electron chi connectivity index (χ0n) is 19.8. The number of nitrogens with one attached hydrogen (secondary N) is 3. The van der Waals surface area contributed by atoms with E-state index in [1.807, 2.05) is 0 Å². The number of hydrogen-bond donors (Lipinski definition) is 4. The van der Waals surface area contributed by atoms with Gasteiger partial charge in [0.2, 0.25) is 11.7 Å². The Kier molecular flexibility index (Phi) is 6.18. The smallest absolute Gasteiger partial charge is 0.272 e. The van der Waals surface area contributed by atoms with Crippen molar-refractivity contribution >= 4 is 52.5 Å². The molecule has 2 fully saturated rings. The van der Waals surface area contributed by atoms with Crippen molar-refractivity contribution in [1.82, 2.24) is 25.7 Å². The van der Waals surface area contributed by atoms with Gasteiger partial charge in [-0.05, 0) is 37.8 Å². The zero-order chi connectivity index (χ0) is 26.4. The molecule has 4 N–H and O–H groups in total. The lowest BCUT2D eigenvalue weighted by atomic mass is 9.49. The van der Waals surface area contributed by atoms with Gasteiger partial charge in [-0.15, -0.1) is 10.2 Å². The molecule has 0 saturated heterocycles. The first-order valence-electron chi connectivity index (χ1n) is 11.4. The molecule has 2 aliphatic carbocycles. The van der Waals surface area contributed by atoms with Gasteiger partial charge in [0.1, 0.15) is 5.60 Å². The van der Waals surface area contributed by atoms with Crippen LogP contribution in [0.4, 0.5) is 17.2 Å². The fraction of sp³-hybridized carbons (Fsp3) is 0.364. The molecule has 2 saturated carbocycles. The van der Waals surface area contributed by atoms with Gasteiger partial charge in [0, 0.05) is 12.0 Å².